The Morgan fingerprint density at radius 1 is 1.09 bits per heavy atom. The van der Waals surface area contributed by atoms with Crippen LogP contribution in [-0.4, -0.2) is 31.5 Å². The fourth-order valence-corrected chi connectivity index (χ4v) is 2.68. The van der Waals surface area contributed by atoms with Crippen LogP contribution in [0.25, 0.3) is 0 Å². The number of rotatable bonds is 4. The van der Waals surface area contributed by atoms with E-state index >= 15 is 0 Å². The number of hydrogen-bond donors (Lipinski definition) is 1. The lowest BCUT2D eigenvalue weighted by molar-refractivity contribution is 0.373. The number of phenols is 1. The first-order chi connectivity index (χ1) is 10.8. The average molecular weight is 296 g/mol. The second-order valence-corrected chi connectivity index (χ2v) is 5.37. The third kappa shape index (κ3) is 3.06. The van der Waals surface area contributed by atoms with Crippen LogP contribution < -0.4 is 9.64 Å². The van der Waals surface area contributed by atoms with Crippen LogP contribution in [0, 0.1) is 0 Å². The minimum Gasteiger partial charge on any atom is -0.504 e. The Bertz CT molecular complexity index is 659. The van der Waals surface area contributed by atoms with E-state index in [2.05, 4.69) is 22.0 Å². The standard InChI is InChI=1S/C18H20N2O2/c1-22-17-6-4-5-14(18(17)21)13-19-15-7-9-16(10-8-15)20-11-2-3-12-20/h4-10,13,21H,2-3,11-12H2,1H3. The van der Waals surface area contributed by atoms with Gasteiger partial charge in [0.1, 0.15) is 0 Å². The first kappa shape index (κ1) is 14.4. The van der Waals surface area contributed by atoms with Crippen molar-refractivity contribution in [2.24, 2.45) is 4.99 Å². The number of anilines is 1. The molecule has 1 aliphatic heterocycles. The Kier molecular flexibility index (Phi) is 4.28. The highest BCUT2D eigenvalue weighted by atomic mass is 16.5. The summed E-state index contributed by atoms with van der Waals surface area (Å²) in [4.78, 5) is 6.81. The number of aromatic hydroxyl groups is 1. The highest BCUT2D eigenvalue weighted by Crippen LogP contribution is 2.29. The van der Waals surface area contributed by atoms with Crippen LogP contribution in [0.15, 0.2) is 47.5 Å². The molecule has 1 aliphatic rings. The van der Waals surface area contributed by atoms with E-state index in [1.807, 2.05) is 18.2 Å². The number of hydrogen-bond acceptors (Lipinski definition) is 4. The Balaban J connectivity index is 1.75. The Labute approximate surface area is 130 Å². The van der Waals surface area contributed by atoms with Crippen molar-refractivity contribution in [2.45, 2.75) is 12.8 Å². The molecule has 0 radical (unpaired) electrons. The second kappa shape index (κ2) is 6.52. The molecule has 22 heavy (non-hydrogen) atoms. The van der Waals surface area contributed by atoms with Crippen LogP contribution in [0.3, 0.4) is 0 Å². The quantitative estimate of drug-likeness (QED) is 0.874. The molecule has 0 atom stereocenters. The van der Waals surface area contributed by atoms with Crippen molar-refractivity contribution >= 4 is 17.6 Å². The molecular weight excluding hydrogens is 276 g/mol. The van der Waals surface area contributed by atoms with Gasteiger partial charge in [-0.25, -0.2) is 0 Å². The molecule has 4 heteroatoms. The lowest BCUT2D eigenvalue weighted by Crippen LogP contribution is -2.17. The van der Waals surface area contributed by atoms with Gasteiger partial charge in [-0.3, -0.25) is 4.99 Å². The summed E-state index contributed by atoms with van der Waals surface area (Å²) in [5.41, 5.74) is 2.76. The molecular formula is C18H20N2O2. The number of methoxy groups -OCH3 is 1. The molecule has 1 saturated heterocycles. The van der Waals surface area contributed by atoms with E-state index in [0.717, 1.165) is 18.8 Å². The number of para-hydroxylation sites is 1. The SMILES string of the molecule is COc1cccc(C=Nc2ccc(N3CCCC3)cc2)c1O. The third-order valence-corrected chi connectivity index (χ3v) is 3.92. The summed E-state index contributed by atoms with van der Waals surface area (Å²) in [5.74, 6) is 0.566. The Morgan fingerprint density at radius 2 is 1.82 bits per heavy atom. The van der Waals surface area contributed by atoms with E-state index in [9.17, 15) is 5.11 Å². The number of aliphatic imine (C=N–C) groups is 1. The van der Waals surface area contributed by atoms with Crippen molar-refractivity contribution < 1.29 is 9.84 Å². The van der Waals surface area contributed by atoms with Gasteiger partial charge in [-0.2, -0.15) is 0 Å². The van der Waals surface area contributed by atoms with Gasteiger partial charge in [-0.15, -0.1) is 0 Å². The van der Waals surface area contributed by atoms with E-state index in [0.29, 0.717) is 11.3 Å². The normalized spacial score (nSPS) is 14.7. The molecule has 2 aromatic rings. The van der Waals surface area contributed by atoms with Gasteiger partial charge in [0.25, 0.3) is 0 Å². The zero-order valence-electron chi connectivity index (χ0n) is 12.7. The van der Waals surface area contributed by atoms with E-state index in [-0.39, 0.29) is 5.75 Å². The van der Waals surface area contributed by atoms with Crippen LogP contribution in [0.1, 0.15) is 18.4 Å². The van der Waals surface area contributed by atoms with Crippen molar-refractivity contribution in [3.8, 4) is 11.5 Å². The molecule has 0 spiro atoms. The molecule has 0 unspecified atom stereocenters. The summed E-state index contributed by atoms with van der Waals surface area (Å²) in [6.45, 7) is 2.28. The number of phenolic OH excluding ortho intramolecular Hbond substituents is 1. The molecule has 1 heterocycles. The predicted octanol–water partition coefficient (Wildman–Crippen LogP) is 3.75. The van der Waals surface area contributed by atoms with Gasteiger partial charge in [0.2, 0.25) is 0 Å². The highest BCUT2D eigenvalue weighted by molar-refractivity contribution is 5.86. The average Bonchev–Trinajstić information content (AvgIpc) is 3.09. The number of nitrogens with zero attached hydrogens (tertiary/aromatic N) is 2. The molecule has 0 aromatic heterocycles. The van der Waals surface area contributed by atoms with Crippen molar-refractivity contribution in [3.63, 3.8) is 0 Å². The minimum atomic E-state index is 0.113. The number of ether oxygens (including phenoxy) is 1. The minimum absolute atomic E-state index is 0.113. The van der Waals surface area contributed by atoms with E-state index < -0.39 is 0 Å². The molecule has 114 valence electrons. The van der Waals surface area contributed by atoms with Gasteiger partial charge in [0.05, 0.1) is 12.8 Å². The van der Waals surface area contributed by atoms with Crippen molar-refractivity contribution in [3.05, 3.63) is 48.0 Å². The third-order valence-electron chi connectivity index (χ3n) is 3.92. The first-order valence-electron chi connectivity index (χ1n) is 7.53. The lowest BCUT2D eigenvalue weighted by Gasteiger charge is -2.17. The van der Waals surface area contributed by atoms with Crippen LogP contribution in [0.4, 0.5) is 11.4 Å². The zero-order chi connectivity index (χ0) is 15.4. The van der Waals surface area contributed by atoms with E-state index in [4.69, 9.17) is 4.74 Å². The van der Waals surface area contributed by atoms with Crippen LogP contribution >= 0.6 is 0 Å². The van der Waals surface area contributed by atoms with Crippen LogP contribution in [0.5, 0.6) is 11.5 Å². The molecule has 4 nitrogen and oxygen atoms in total. The van der Waals surface area contributed by atoms with Crippen LogP contribution in [-0.2, 0) is 0 Å². The molecule has 0 amide bonds. The molecule has 3 rings (SSSR count). The summed E-state index contributed by atoms with van der Waals surface area (Å²) < 4.78 is 5.09. The molecule has 0 aliphatic carbocycles. The van der Waals surface area contributed by atoms with Gasteiger partial charge in [0.15, 0.2) is 11.5 Å². The summed E-state index contributed by atoms with van der Waals surface area (Å²) in [7, 11) is 1.53. The second-order valence-electron chi connectivity index (χ2n) is 5.37. The Hall–Kier alpha value is -2.49. The first-order valence-corrected chi connectivity index (χ1v) is 7.53. The fraction of sp³-hybridized carbons (Fsp3) is 0.278. The lowest BCUT2D eigenvalue weighted by atomic mass is 10.2. The molecule has 0 saturated carbocycles. The van der Waals surface area contributed by atoms with E-state index in [1.54, 1.807) is 18.3 Å². The fourth-order valence-electron chi connectivity index (χ4n) is 2.68. The smallest absolute Gasteiger partial charge is 0.166 e. The van der Waals surface area contributed by atoms with Gasteiger partial charge in [-0.05, 0) is 49.2 Å². The van der Waals surface area contributed by atoms with Gasteiger partial charge in [0, 0.05) is 30.6 Å². The topological polar surface area (TPSA) is 45.1 Å². The van der Waals surface area contributed by atoms with Gasteiger partial charge >= 0.3 is 0 Å². The zero-order valence-corrected chi connectivity index (χ0v) is 12.7. The predicted molar refractivity (Wildman–Crippen MR) is 89.8 cm³/mol. The maximum Gasteiger partial charge on any atom is 0.166 e. The van der Waals surface area contributed by atoms with Gasteiger partial charge in [-0.1, -0.05) is 6.07 Å². The van der Waals surface area contributed by atoms with Crippen molar-refractivity contribution in [1.29, 1.82) is 0 Å². The largest absolute Gasteiger partial charge is 0.504 e. The van der Waals surface area contributed by atoms with Crippen molar-refractivity contribution in [1.82, 2.24) is 0 Å². The molecule has 1 N–H and O–H groups in total. The van der Waals surface area contributed by atoms with Crippen molar-refractivity contribution in [2.75, 3.05) is 25.1 Å². The van der Waals surface area contributed by atoms with Gasteiger partial charge < -0.3 is 14.7 Å². The van der Waals surface area contributed by atoms with E-state index in [1.165, 1.54) is 25.6 Å². The molecule has 1 fully saturated rings. The summed E-state index contributed by atoms with van der Waals surface area (Å²) in [6.07, 6.45) is 4.20. The summed E-state index contributed by atoms with van der Waals surface area (Å²) in [6, 6.07) is 13.6. The molecule has 2 aromatic carbocycles. The highest BCUT2D eigenvalue weighted by Gasteiger charge is 2.11. The monoisotopic (exact) mass is 296 g/mol. The van der Waals surface area contributed by atoms with Crippen LogP contribution in [0.2, 0.25) is 0 Å². The summed E-state index contributed by atoms with van der Waals surface area (Å²) >= 11 is 0. The molecule has 0 bridgehead atoms. The maximum absolute atomic E-state index is 10.0. The number of benzene rings is 2. The maximum atomic E-state index is 10.0. The Morgan fingerprint density at radius 3 is 2.50 bits per heavy atom. The summed E-state index contributed by atoms with van der Waals surface area (Å²) in [5, 5.41) is 10.0.